The van der Waals surface area contributed by atoms with Crippen molar-refractivity contribution in [2.75, 3.05) is 13.1 Å². The van der Waals surface area contributed by atoms with Gasteiger partial charge < -0.3 is 9.42 Å². The maximum Gasteiger partial charge on any atom is 0.256 e. The van der Waals surface area contributed by atoms with Gasteiger partial charge in [-0.3, -0.25) is 4.79 Å². The molecule has 1 fully saturated rings. The molecule has 1 aliphatic heterocycles. The normalized spacial score (nSPS) is 17.3. The first kappa shape index (κ1) is 17.7. The van der Waals surface area contributed by atoms with Crippen LogP contribution >= 0.6 is 11.3 Å². The highest BCUT2D eigenvalue weighted by atomic mass is 32.1. The highest BCUT2D eigenvalue weighted by Crippen LogP contribution is 2.30. The van der Waals surface area contributed by atoms with Crippen LogP contribution in [0.2, 0.25) is 0 Å². The van der Waals surface area contributed by atoms with E-state index in [9.17, 15) is 13.6 Å². The van der Waals surface area contributed by atoms with E-state index >= 15 is 0 Å². The largest absolute Gasteiger partial charge is 0.339 e. The van der Waals surface area contributed by atoms with Crippen LogP contribution in [0.4, 0.5) is 8.78 Å². The van der Waals surface area contributed by atoms with Crippen LogP contribution in [0.15, 0.2) is 28.9 Å². The van der Waals surface area contributed by atoms with E-state index in [1.165, 1.54) is 17.4 Å². The summed E-state index contributed by atoms with van der Waals surface area (Å²) in [5.74, 6) is -1.23. The first-order valence-corrected chi connectivity index (χ1v) is 9.33. The van der Waals surface area contributed by atoms with Gasteiger partial charge in [0.1, 0.15) is 11.6 Å². The Morgan fingerprint density at radius 1 is 1.37 bits per heavy atom. The molecule has 3 heterocycles. The third-order valence-electron chi connectivity index (χ3n) is 4.50. The number of halogens is 2. The van der Waals surface area contributed by atoms with Crippen molar-refractivity contribution in [2.24, 2.45) is 0 Å². The lowest BCUT2D eigenvalue weighted by atomic mass is 9.97. The number of carbonyl (C=O) groups excluding carboxylic acids is 1. The summed E-state index contributed by atoms with van der Waals surface area (Å²) in [6.45, 7) is 2.74. The molecule has 1 saturated heterocycles. The summed E-state index contributed by atoms with van der Waals surface area (Å²) in [5.41, 5.74) is -0.136. The Morgan fingerprint density at radius 2 is 2.22 bits per heavy atom. The molecule has 0 radical (unpaired) electrons. The number of likely N-dealkylation sites (tertiary alicyclic amines) is 1. The van der Waals surface area contributed by atoms with E-state index < -0.39 is 17.5 Å². The minimum absolute atomic E-state index is 0.124. The van der Waals surface area contributed by atoms with Gasteiger partial charge in [0.05, 0.1) is 21.4 Å². The lowest BCUT2D eigenvalue weighted by Crippen LogP contribution is -2.39. The molecular formula is C18H16F2N4O2S. The smallest absolute Gasteiger partial charge is 0.256 e. The van der Waals surface area contributed by atoms with E-state index in [0.29, 0.717) is 24.8 Å². The molecular weight excluding hydrogens is 374 g/mol. The van der Waals surface area contributed by atoms with Gasteiger partial charge in [-0.1, -0.05) is 5.16 Å². The topological polar surface area (TPSA) is 72.1 Å². The molecule has 27 heavy (non-hydrogen) atoms. The zero-order valence-corrected chi connectivity index (χ0v) is 15.3. The first-order chi connectivity index (χ1) is 13.0. The summed E-state index contributed by atoms with van der Waals surface area (Å²) in [6, 6.07) is 2.97. The Morgan fingerprint density at radius 3 is 2.96 bits per heavy atom. The average Bonchev–Trinajstić information content (AvgIpc) is 3.30. The predicted octanol–water partition coefficient (Wildman–Crippen LogP) is 3.80. The summed E-state index contributed by atoms with van der Waals surface area (Å²) >= 11 is 1.47. The Hall–Kier alpha value is -2.68. The van der Waals surface area contributed by atoms with Crippen molar-refractivity contribution < 1.29 is 18.1 Å². The molecule has 4 rings (SSSR count). The van der Waals surface area contributed by atoms with Crippen molar-refractivity contribution in [1.29, 1.82) is 0 Å². The van der Waals surface area contributed by atoms with Crippen LogP contribution in [-0.2, 0) is 0 Å². The van der Waals surface area contributed by atoms with E-state index in [4.69, 9.17) is 4.52 Å². The number of aromatic nitrogens is 3. The Balaban J connectivity index is 1.51. The number of piperidine rings is 1. The molecule has 1 atom stereocenters. The van der Waals surface area contributed by atoms with Crippen LogP contribution in [0.1, 0.15) is 40.0 Å². The zero-order chi connectivity index (χ0) is 19.0. The highest BCUT2D eigenvalue weighted by Gasteiger charge is 2.30. The van der Waals surface area contributed by atoms with E-state index in [1.54, 1.807) is 11.1 Å². The summed E-state index contributed by atoms with van der Waals surface area (Å²) < 4.78 is 32.4. The molecule has 1 amide bonds. The standard InChI is InChI=1S/C18H16F2N4O2S/c1-10-21-8-15(27-10)16-22-17(26-23-16)11-3-2-6-24(9-11)18(25)13-5-4-12(19)7-14(13)20/h4-5,7-8,11H,2-3,6,9H2,1H3. The van der Waals surface area contributed by atoms with Gasteiger partial charge >= 0.3 is 0 Å². The second kappa shape index (κ2) is 7.15. The lowest BCUT2D eigenvalue weighted by molar-refractivity contribution is 0.0691. The summed E-state index contributed by atoms with van der Waals surface area (Å²) in [4.78, 5) is 23.6. The van der Waals surface area contributed by atoms with Crippen molar-refractivity contribution in [3.05, 3.63) is 52.5 Å². The molecule has 0 spiro atoms. The molecule has 1 aromatic carbocycles. The van der Waals surface area contributed by atoms with E-state index in [1.807, 2.05) is 6.92 Å². The first-order valence-electron chi connectivity index (χ1n) is 8.52. The van der Waals surface area contributed by atoms with Crippen molar-refractivity contribution in [3.8, 4) is 10.7 Å². The van der Waals surface area contributed by atoms with Crippen LogP contribution in [0.25, 0.3) is 10.7 Å². The molecule has 140 valence electrons. The van der Waals surface area contributed by atoms with Crippen LogP contribution < -0.4 is 0 Å². The van der Waals surface area contributed by atoms with Gasteiger partial charge in [0, 0.05) is 25.4 Å². The maximum atomic E-state index is 13.9. The number of thiazole rings is 1. The number of aryl methyl sites for hydroxylation is 1. The Bertz CT molecular complexity index is 987. The van der Waals surface area contributed by atoms with Gasteiger partial charge in [-0.15, -0.1) is 11.3 Å². The second-order valence-corrected chi connectivity index (χ2v) is 7.65. The maximum absolute atomic E-state index is 13.9. The number of hydrogen-bond donors (Lipinski definition) is 0. The molecule has 0 bridgehead atoms. The number of nitrogens with zero attached hydrogens (tertiary/aromatic N) is 4. The van der Waals surface area contributed by atoms with Gasteiger partial charge in [0.25, 0.3) is 5.91 Å². The third-order valence-corrected chi connectivity index (χ3v) is 5.41. The summed E-state index contributed by atoms with van der Waals surface area (Å²) in [6.07, 6.45) is 3.22. The quantitative estimate of drug-likeness (QED) is 0.680. The van der Waals surface area contributed by atoms with Crippen molar-refractivity contribution in [2.45, 2.75) is 25.7 Å². The van der Waals surface area contributed by atoms with E-state index in [-0.39, 0.29) is 11.5 Å². The minimum atomic E-state index is -0.859. The average molecular weight is 390 g/mol. The van der Waals surface area contributed by atoms with Crippen LogP contribution in [-0.4, -0.2) is 39.0 Å². The predicted molar refractivity (Wildman–Crippen MR) is 94.4 cm³/mol. The van der Waals surface area contributed by atoms with Crippen molar-refractivity contribution in [1.82, 2.24) is 20.0 Å². The fourth-order valence-corrected chi connectivity index (χ4v) is 3.87. The van der Waals surface area contributed by atoms with Gasteiger partial charge in [-0.05, 0) is 31.9 Å². The molecule has 1 aliphatic rings. The van der Waals surface area contributed by atoms with Gasteiger partial charge in [-0.25, -0.2) is 13.8 Å². The number of benzene rings is 1. The highest BCUT2D eigenvalue weighted by molar-refractivity contribution is 7.14. The molecule has 9 heteroatoms. The van der Waals surface area contributed by atoms with E-state index in [2.05, 4.69) is 15.1 Å². The second-order valence-electron chi connectivity index (χ2n) is 6.41. The molecule has 3 aromatic rings. The molecule has 0 aliphatic carbocycles. The number of rotatable bonds is 3. The van der Waals surface area contributed by atoms with Crippen LogP contribution in [0.3, 0.4) is 0 Å². The third kappa shape index (κ3) is 3.59. The number of carbonyl (C=O) groups is 1. The number of amides is 1. The SMILES string of the molecule is Cc1ncc(-c2noc(C3CCCN(C(=O)c4ccc(F)cc4F)C3)n2)s1. The molecule has 6 nitrogen and oxygen atoms in total. The lowest BCUT2D eigenvalue weighted by Gasteiger charge is -2.31. The molecule has 0 N–H and O–H groups in total. The van der Waals surface area contributed by atoms with Crippen molar-refractivity contribution >= 4 is 17.2 Å². The summed E-state index contributed by atoms with van der Waals surface area (Å²) in [7, 11) is 0. The Labute approximate surface area is 157 Å². The van der Waals surface area contributed by atoms with Gasteiger partial charge in [-0.2, -0.15) is 4.98 Å². The van der Waals surface area contributed by atoms with Crippen LogP contribution in [0.5, 0.6) is 0 Å². The van der Waals surface area contributed by atoms with Crippen molar-refractivity contribution in [3.63, 3.8) is 0 Å². The zero-order valence-electron chi connectivity index (χ0n) is 14.5. The van der Waals surface area contributed by atoms with Gasteiger partial charge in [0.15, 0.2) is 0 Å². The Kier molecular flexibility index (Phi) is 4.69. The summed E-state index contributed by atoms with van der Waals surface area (Å²) in [5, 5.41) is 4.92. The molecule has 0 saturated carbocycles. The van der Waals surface area contributed by atoms with Crippen LogP contribution in [0, 0.1) is 18.6 Å². The van der Waals surface area contributed by atoms with E-state index in [0.717, 1.165) is 34.9 Å². The monoisotopic (exact) mass is 390 g/mol. The number of hydrogen-bond acceptors (Lipinski definition) is 6. The molecule has 1 unspecified atom stereocenters. The molecule has 2 aromatic heterocycles. The van der Waals surface area contributed by atoms with Gasteiger partial charge in [0.2, 0.25) is 11.7 Å². The fourth-order valence-electron chi connectivity index (χ4n) is 3.16. The minimum Gasteiger partial charge on any atom is -0.339 e. The fraction of sp³-hybridized carbons (Fsp3) is 0.333.